The van der Waals surface area contributed by atoms with Crippen LogP contribution in [0.2, 0.25) is 0 Å². The average molecular weight is 253 g/mol. The standard InChI is InChI=1S/C12H19N3OS/c1-12(2,17-4)8-15-11(16)9-5-6-10(13-3)14-7-9/h5-7H,8H2,1-4H3,(H,13,14)(H,15,16). The first-order valence-electron chi connectivity index (χ1n) is 5.45. The number of anilines is 1. The zero-order valence-corrected chi connectivity index (χ0v) is 11.5. The Kier molecular flexibility index (Phi) is 4.81. The van der Waals surface area contributed by atoms with Gasteiger partial charge in [-0.3, -0.25) is 4.79 Å². The Morgan fingerprint density at radius 1 is 1.47 bits per heavy atom. The van der Waals surface area contributed by atoms with Crippen molar-refractivity contribution in [2.24, 2.45) is 0 Å². The molecule has 0 aromatic carbocycles. The lowest BCUT2D eigenvalue weighted by Crippen LogP contribution is -2.36. The van der Waals surface area contributed by atoms with Crippen LogP contribution in [0.5, 0.6) is 0 Å². The maximum absolute atomic E-state index is 11.8. The first-order valence-corrected chi connectivity index (χ1v) is 6.68. The van der Waals surface area contributed by atoms with Crippen LogP contribution in [0.1, 0.15) is 24.2 Å². The highest BCUT2D eigenvalue weighted by Gasteiger charge is 2.17. The lowest BCUT2D eigenvalue weighted by molar-refractivity contribution is 0.0950. The molecule has 0 atom stereocenters. The largest absolute Gasteiger partial charge is 0.373 e. The molecule has 0 fully saturated rings. The van der Waals surface area contributed by atoms with Crippen LogP contribution in [0.25, 0.3) is 0 Å². The van der Waals surface area contributed by atoms with Gasteiger partial charge in [-0.15, -0.1) is 0 Å². The second-order valence-corrected chi connectivity index (χ2v) is 5.84. The average Bonchev–Trinajstić information content (AvgIpc) is 2.36. The molecular formula is C12H19N3OS. The van der Waals surface area contributed by atoms with Crippen LogP contribution >= 0.6 is 11.8 Å². The fourth-order valence-electron chi connectivity index (χ4n) is 1.14. The first kappa shape index (κ1) is 13.8. The van der Waals surface area contributed by atoms with Crippen molar-refractivity contribution in [3.05, 3.63) is 23.9 Å². The minimum atomic E-state index is -0.0812. The number of rotatable bonds is 5. The molecule has 0 aliphatic heterocycles. The SMILES string of the molecule is CNc1ccc(C(=O)NCC(C)(C)SC)cn1. The van der Waals surface area contributed by atoms with E-state index < -0.39 is 0 Å². The van der Waals surface area contributed by atoms with Gasteiger partial charge in [0.1, 0.15) is 5.82 Å². The highest BCUT2D eigenvalue weighted by Crippen LogP contribution is 2.19. The quantitative estimate of drug-likeness (QED) is 0.842. The highest BCUT2D eigenvalue weighted by molar-refractivity contribution is 7.99. The summed E-state index contributed by atoms with van der Waals surface area (Å²) in [5, 5.41) is 5.82. The van der Waals surface area contributed by atoms with Gasteiger partial charge in [0.15, 0.2) is 0 Å². The molecule has 2 N–H and O–H groups in total. The maximum Gasteiger partial charge on any atom is 0.252 e. The lowest BCUT2D eigenvalue weighted by atomic mass is 10.2. The summed E-state index contributed by atoms with van der Waals surface area (Å²) in [6.45, 7) is 4.83. The minimum absolute atomic E-state index is 0.0496. The zero-order chi connectivity index (χ0) is 12.9. The second-order valence-electron chi connectivity index (χ2n) is 4.33. The molecular weight excluding hydrogens is 234 g/mol. The monoisotopic (exact) mass is 253 g/mol. The van der Waals surface area contributed by atoms with Crippen LogP contribution in [0.3, 0.4) is 0 Å². The third-order valence-corrected chi connectivity index (χ3v) is 3.76. The van der Waals surface area contributed by atoms with Crippen molar-refractivity contribution in [1.29, 1.82) is 0 Å². The third-order valence-electron chi connectivity index (χ3n) is 2.51. The van der Waals surface area contributed by atoms with Gasteiger partial charge >= 0.3 is 0 Å². The van der Waals surface area contributed by atoms with Crippen LogP contribution in [-0.2, 0) is 0 Å². The van der Waals surface area contributed by atoms with E-state index in [1.807, 2.05) is 6.26 Å². The van der Waals surface area contributed by atoms with E-state index in [2.05, 4.69) is 29.5 Å². The highest BCUT2D eigenvalue weighted by atomic mass is 32.2. The third kappa shape index (κ3) is 4.26. The topological polar surface area (TPSA) is 54.0 Å². The number of amides is 1. The second kappa shape index (κ2) is 5.91. The molecule has 1 rings (SSSR count). The van der Waals surface area contributed by atoms with Crippen LogP contribution in [0.15, 0.2) is 18.3 Å². The molecule has 0 radical (unpaired) electrons. The number of hydrogen-bond acceptors (Lipinski definition) is 4. The molecule has 0 aliphatic rings. The van der Waals surface area contributed by atoms with E-state index in [0.717, 1.165) is 5.82 Å². The Labute approximate surface area is 107 Å². The molecule has 0 spiro atoms. The van der Waals surface area contributed by atoms with Crippen molar-refractivity contribution in [1.82, 2.24) is 10.3 Å². The number of pyridine rings is 1. The van der Waals surface area contributed by atoms with Crippen LogP contribution < -0.4 is 10.6 Å². The molecule has 0 saturated heterocycles. The van der Waals surface area contributed by atoms with E-state index in [1.165, 1.54) is 0 Å². The minimum Gasteiger partial charge on any atom is -0.373 e. The zero-order valence-electron chi connectivity index (χ0n) is 10.7. The number of carbonyl (C=O) groups excluding carboxylic acids is 1. The van der Waals surface area contributed by atoms with Crippen molar-refractivity contribution < 1.29 is 4.79 Å². The van der Waals surface area contributed by atoms with Crippen LogP contribution in [0.4, 0.5) is 5.82 Å². The number of nitrogens with one attached hydrogen (secondary N) is 2. The molecule has 0 unspecified atom stereocenters. The van der Waals surface area contributed by atoms with Crippen molar-refractivity contribution in [3.8, 4) is 0 Å². The van der Waals surface area contributed by atoms with Gasteiger partial charge in [0.2, 0.25) is 0 Å². The molecule has 0 saturated carbocycles. The van der Waals surface area contributed by atoms with Gasteiger partial charge in [-0.25, -0.2) is 4.98 Å². The maximum atomic E-state index is 11.8. The van der Waals surface area contributed by atoms with Crippen LogP contribution in [-0.4, -0.2) is 35.5 Å². The van der Waals surface area contributed by atoms with Gasteiger partial charge in [-0.1, -0.05) is 0 Å². The smallest absolute Gasteiger partial charge is 0.252 e. The van der Waals surface area contributed by atoms with Gasteiger partial charge < -0.3 is 10.6 Å². The van der Waals surface area contributed by atoms with Crippen molar-refractivity contribution >= 4 is 23.5 Å². The van der Waals surface area contributed by atoms with Crippen molar-refractivity contribution in [2.45, 2.75) is 18.6 Å². The van der Waals surface area contributed by atoms with E-state index in [-0.39, 0.29) is 10.7 Å². The Morgan fingerprint density at radius 3 is 2.65 bits per heavy atom. The van der Waals surface area contributed by atoms with Crippen LogP contribution in [0, 0.1) is 0 Å². The Balaban J connectivity index is 2.58. The van der Waals surface area contributed by atoms with Crippen molar-refractivity contribution in [3.63, 3.8) is 0 Å². The summed E-state index contributed by atoms with van der Waals surface area (Å²) in [7, 11) is 1.79. The van der Waals surface area contributed by atoms with Gasteiger partial charge in [-0.2, -0.15) is 11.8 Å². The Bertz CT molecular complexity index is 376. The Morgan fingerprint density at radius 2 is 2.18 bits per heavy atom. The molecule has 1 heterocycles. The fourth-order valence-corrected chi connectivity index (χ4v) is 1.36. The summed E-state index contributed by atoms with van der Waals surface area (Å²) < 4.78 is 0.0496. The summed E-state index contributed by atoms with van der Waals surface area (Å²) in [5.74, 6) is 0.674. The number of hydrogen-bond donors (Lipinski definition) is 2. The fraction of sp³-hybridized carbons (Fsp3) is 0.500. The molecule has 17 heavy (non-hydrogen) atoms. The Hall–Kier alpha value is -1.23. The van der Waals surface area contributed by atoms with Gasteiger partial charge in [0, 0.05) is 24.5 Å². The van der Waals surface area contributed by atoms with Gasteiger partial charge in [-0.05, 0) is 32.2 Å². The van der Waals surface area contributed by atoms with Gasteiger partial charge in [0.05, 0.1) is 5.56 Å². The molecule has 0 bridgehead atoms. The molecule has 94 valence electrons. The van der Waals surface area contributed by atoms with E-state index in [9.17, 15) is 4.79 Å². The molecule has 1 aromatic heterocycles. The number of aromatic nitrogens is 1. The molecule has 4 nitrogen and oxygen atoms in total. The molecule has 1 aromatic rings. The number of thioether (sulfide) groups is 1. The number of nitrogens with zero attached hydrogens (tertiary/aromatic N) is 1. The predicted octanol–water partition coefficient (Wildman–Crippen LogP) is 1.99. The predicted molar refractivity (Wildman–Crippen MR) is 73.7 cm³/mol. The summed E-state index contributed by atoms with van der Waals surface area (Å²) in [4.78, 5) is 15.9. The van der Waals surface area contributed by atoms with Crippen molar-refractivity contribution in [2.75, 3.05) is 25.2 Å². The first-order chi connectivity index (χ1) is 7.98. The summed E-state index contributed by atoms with van der Waals surface area (Å²) in [5.41, 5.74) is 0.584. The molecule has 0 aliphatic carbocycles. The van der Waals surface area contributed by atoms with E-state index in [0.29, 0.717) is 12.1 Å². The normalized spacial score (nSPS) is 11.1. The molecule has 1 amide bonds. The van der Waals surface area contributed by atoms with E-state index in [4.69, 9.17) is 0 Å². The lowest BCUT2D eigenvalue weighted by Gasteiger charge is -2.22. The molecule has 5 heteroatoms. The summed E-state index contributed by atoms with van der Waals surface area (Å²) >= 11 is 1.73. The summed E-state index contributed by atoms with van der Waals surface area (Å²) in [6, 6.07) is 3.55. The number of carbonyl (C=O) groups is 1. The van der Waals surface area contributed by atoms with E-state index >= 15 is 0 Å². The summed E-state index contributed by atoms with van der Waals surface area (Å²) in [6.07, 6.45) is 3.61. The van der Waals surface area contributed by atoms with E-state index in [1.54, 1.807) is 37.1 Å². The van der Waals surface area contributed by atoms with Gasteiger partial charge in [0.25, 0.3) is 5.91 Å².